The van der Waals surface area contributed by atoms with Gasteiger partial charge < -0.3 is 4.74 Å². The normalized spacial score (nSPS) is 9.95. The Morgan fingerprint density at radius 1 is 1.11 bits per heavy atom. The number of thiocarbonyl (C=S) groups is 1. The molecule has 2 aromatic carbocycles. The van der Waals surface area contributed by atoms with Gasteiger partial charge in [0, 0.05) is 22.7 Å². The Kier molecular flexibility index (Phi) is 4.09. The van der Waals surface area contributed by atoms with Gasteiger partial charge in [-0.2, -0.15) is 0 Å². The summed E-state index contributed by atoms with van der Waals surface area (Å²) in [5.74, 6) is 0.450. The van der Waals surface area contributed by atoms with E-state index in [0.29, 0.717) is 10.8 Å². The molecule has 0 atom stereocenters. The Balaban J connectivity index is 2.10. The van der Waals surface area contributed by atoms with Gasteiger partial charge >= 0.3 is 0 Å². The first kappa shape index (κ1) is 13.5. The van der Waals surface area contributed by atoms with Crippen molar-refractivity contribution < 1.29 is 9.66 Å². The zero-order chi connectivity index (χ0) is 13.8. The summed E-state index contributed by atoms with van der Waals surface area (Å²) in [5, 5.41) is 11.4. The van der Waals surface area contributed by atoms with Gasteiger partial charge in [-0.1, -0.05) is 11.6 Å². The summed E-state index contributed by atoms with van der Waals surface area (Å²) in [6, 6.07) is 12.6. The van der Waals surface area contributed by atoms with Crippen molar-refractivity contribution in [2.45, 2.75) is 0 Å². The fourth-order valence-corrected chi connectivity index (χ4v) is 1.75. The molecule has 6 heteroatoms. The number of nitrogens with zero attached hydrogens (tertiary/aromatic N) is 1. The number of halogens is 1. The minimum absolute atomic E-state index is 0.00441. The summed E-state index contributed by atoms with van der Waals surface area (Å²) in [6.45, 7) is 0. The van der Waals surface area contributed by atoms with Crippen LogP contribution in [0.15, 0.2) is 48.5 Å². The predicted molar refractivity (Wildman–Crippen MR) is 76.9 cm³/mol. The maximum absolute atomic E-state index is 10.5. The number of nitro groups is 1. The lowest BCUT2D eigenvalue weighted by Gasteiger charge is -2.06. The SMILES string of the molecule is O=[N+]([O-])c1ccc(OC(=S)c2ccc(Cl)cc2)cc1. The average Bonchev–Trinajstić information content (AvgIpc) is 2.40. The smallest absolute Gasteiger partial charge is 0.269 e. The van der Waals surface area contributed by atoms with Gasteiger partial charge in [-0.15, -0.1) is 0 Å². The number of ether oxygens (including phenoxy) is 1. The molecule has 0 saturated carbocycles. The lowest BCUT2D eigenvalue weighted by Crippen LogP contribution is -2.06. The minimum atomic E-state index is -0.471. The molecule has 19 heavy (non-hydrogen) atoms. The zero-order valence-electron chi connectivity index (χ0n) is 9.58. The van der Waals surface area contributed by atoms with Crippen LogP contribution in [0.5, 0.6) is 5.75 Å². The van der Waals surface area contributed by atoms with E-state index in [-0.39, 0.29) is 10.7 Å². The molecule has 0 saturated heterocycles. The molecule has 0 amide bonds. The van der Waals surface area contributed by atoms with Gasteiger partial charge in [0.25, 0.3) is 5.69 Å². The third-order valence-corrected chi connectivity index (χ3v) is 2.91. The molecular weight excluding hydrogens is 286 g/mol. The third-order valence-electron chi connectivity index (χ3n) is 2.34. The molecular formula is C13H8ClNO3S. The van der Waals surface area contributed by atoms with Crippen LogP contribution in [0.2, 0.25) is 5.02 Å². The Bertz CT molecular complexity index is 611. The second-order valence-electron chi connectivity index (χ2n) is 3.65. The number of rotatable bonds is 3. The van der Waals surface area contributed by atoms with Crippen molar-refractivity contribution >= 4 is 34.6 Å². The van der Waals surface area contributed by atoms with Gasteiger partial charge in [0.15, 0.2) is 5.05 Å². The largest absolute Gasteiger partial charge is 0.445 e. The Labute approximate surface area is 119 Å². The summed E-state index contributed by atoms with van der Waals surface area (Å²) in [4.78, 5) is 10.0. The van der Waals surface area contributed by atoms with Crippen LogP contribution < -0.4 is 4.74 Å². The molecule has 0 bridgehead atoms. The first-order valence-corrected chi connectivity index (χ1v) is 6.07. The highest BCUT2D eigenvalue weighted by molar-refractivity contribution is 7.80. The molecule has 0 aliphatic heterocycles. The van der Waals surface area contributed by atoms with Gasteiger partial charge in [-0.25, -0.2) is 0 Å². The van der Waals surface area contributed by atoms with Crippen LogP contribution in [0.4, 0.5) is 5.69 Å². The Hall–Kier alpha value is -1.98. The fraction of sp³-hybridized carbons (Fsp3) is 0. The molecule has 4 nitrogen and oxygen atoms in total. The molecule has 0 spiro atoms. The fourth-order valence-electron chi connectivity index (χ4n) is 1.39. The standard InChI is InChI=1S/C13H8ClNO3S/c14-10-3-1-9(2-4-10)13(19)18-12-7-5-11(6-8-12)15(16)17/h1-8H. The van der Waals surface area contributed by atoms with Crippen molar-refractivity contribution in [3.05, 3.63) is 69.2 Å². The number of benzene rings is 2. The zero-order valence-corrected chi connectivity index (χ0v) is 11.1. The van der Waals surface area contributed by atoms with E-state index in [1.807, 2.05) is 0 Å². The molecule has 0 radical (unpaired) electrons. The first-order chi connectivity index (χ1) is 9.06. The highest BCUT2D eigenvalue weighted by atomic mass is 35.5. The predicted octanol–water partition coefficient (Wildman–Crippen LogP) is 4.00. The summed E-state index contributed by atoms with van der Waals surface area (Å²) in [6.07, 6.45) is 0. The van der Waals surface area contributed by atoms with E-state index < -0.39 is 4.92 Å². The van der Waals surface area contributed by atoms with Gasteiger partial charge in [-0.05, 0) is 48.6 Å². The molecule has 2 aromatic rings. The van der Waals surface area contributed by atoms with Crippen molar-refractivity contribution in [2.24, 2.45) is 0 Å². The van der Waals surface area contributed by atoms with E-state index in [9.17, 15) is 10.1 Å². The first-order valence-electron chi connectivity index (χ1n) is 5.28. The highest BCUT2D eigenvalue weighted by Gasteiger charge is 2.07. The topological polar surface area (TPSA) is 52.4 Å². The molecule has 96 valence electrons. The van der Waals surface area contributed by atoms with Gasteiger partial charge in [0.1, 0.15) is 5.75 Å². The van der Waals surface area contributed by atoms with Crippen molar-refractivity contribution in [1.29, 1.82) is 0 Å². The van der Waals surface area contributed by atoms with E-state index in [2.05, 4.69) is 0 Å². The lowest BCUT2D eigenvalue weighted by molar-refractivity contribution is -0.384. The van der Waals surface area contributed by atoms with Crippen LogP contribution >= 0.6 is 23.8 Å². The van der Waals surface area contributed by atoms with Crippen molar-refractivity contribution in [2.75, 3.05) is 0 Å². The van der Waals surface area contributed by atoms with Crippen molar-refractivity contribution in [1.82, 2.24) is 0 Å². The summed E-state index contributed by atoms with van der Waals surface area (Å²) in [7, 11) is 0. The lowest BCUT2D eigenvalue weighted by atomic mass is 10.2. The highest BCUT2D eigenvalue weighted by Crippen LogP contribution is 2.19. The van der Waals surface area contributed by atoms with Crippen molar-refractivity contribution in [3.63, 3.8) is 0 Å². The van der Waals surface area contributed by atoms with Crippen LogP contribution in [-0.4, -0.2) is 9.97 Å². The molecule has 0 aliphatic rings. The van der Waals surface area contributed by atoms with E-state index in [4.69, 9.17) is 28.6 Å². The monoisotopic (exact) mass is 293 g/mol. The average molecular weight is 294 g/mol. The van der Waals surface area contributed by atoms with E-state index in [1.54, 1.807) is 24.3 Å². The van der Waals surface area contributed by atoms with E-state index in [1.165, 1.54) is 24.3 Å². The van der Waals surface area contributed by atoms with Crippen LogP contribution in [-0.2, 0) is 0 Å². The van der Waals surface area contributed by atoms with E-state index >= 15 is 0 Å². The van der Waals surface area contributed by atoms with Crippen LogP contribution in [0, 0.1) is 10.1 Å². The number of nitro benzene ring substituents is 1. The number of hydrogen-bond acceptors (Lipinski definition) is 4. The Morgan fingerprint density at radius 2 is 1.68 bits per heavy atom. The van der Waals surface area contributed by atoms with Crippen LogP contribution in [0.3, 0.4) is 0 Å². The summed E-state index contributed by atoms with van der Waals surface area (Å²) < 4.78 is 5.44. The van der Waals surface area contributed by atoms with Crippen LogP contribution in [0.1, 0.15) is 5.56 Å². The Morgan fingerprint density at radius 3 is 2.21 bits per heavy atom. The van der Waals surface area contributed by atoms with Crippen LogP contribution in [0.25, 0.3) is 0 Å². The van der Waals surface area contributed by atoms with E-state index in [0.717, 1.165) is 5.56 Å². The molecule has 2 rings (SSSR count). The van der Waals surface area contributed by atoms with Gasteiger partial charge in [0.05, 0.1) is 4.92 Å². The molecule has 0 fully saturated rings. The second kappa shape index (κ2) is 5.77. The molecule has 0 heterocycles. The molecule has 0 aliphatic carbocycles. The molecule has 0 N–H and O–H groups in total. The summed E-state index contributed by atoms with van der Waals surface area (Å²) in [5.41, 5.74) is 0.725. The third kappa shape index (κ3) is 3.49. The van der Waals surface area contributed by atoms with Crippen molar-refractivity contribution in [3.8, 4) is 5.75 Å². The molecule has 0 unspecified atom stereocenters. The van der Waals surface area contributed by atoms with Gasteiger partial charge in [0.2, 0.25) is 0 Å². The number of non-ortho nitro benzene ring substituents is 1. The van der Waals surface area contributed by atoms with Gasteiger partial charge in [-0.3, -0.25) is 10.1 Å². The minimum Gasteiger partial charge on any atom is -0.445 e. The molecule has 0 aromatic heterocycles. The quantitative estimate of drug-likeness (QED) is 0.487. The maximum atomic E-state index is 10.5. The summed E-state index contributed by atoms with van der Waals surface area (Å²) >= 11 is 10.9. The maximum Gasteiger partial charge on any atom is 0.269 e. The second-order valence-corrected chi connectivity index (χ2v) is 4.45. The number of hydrogen-bond donors (Lipinski definition) is 0.